The number of carbonyl (C=O) groups excluding carboxylic acids is 3. The van der Waals surface area contributed by atoms with Crippen molar-refractivity contribution >= 4 is 30.1 Å². The van der Waals surface area contributed by atoms with Crippen LogP contribution in [0.5, 0.6) is 5.75 Å². The van der Waals surface area contributed by atoms with Gasteiger partial charge in [0.15, 0.2) is 0 Å². The average molecular weight is 615 g/mol. The lowest BCUT2D eigenvalue weighted by Gasteiger charge is -2.24. The number of rotatable bonds is 14. The van der Waals surface area contributed by atoms with Crippen LogP contribution in [0.15, 0.2) is 109 Å². The monoisotopic (exact) mass is 614 g/mol. The molecule has 0 saturated carbocycles. The van der Waals surface area contributed by atoms with Crippen molar-refractivity contribution < 1.29 is 19.1 Å². The van der Waals surface area contributed by atoms with Gasteiger partial charge in [-0.1, -0.05) is 84.9 Å². The summed E-state index contributed by atoms with van der Waals surface area (Å²) in [6.07, 6.45) is 0.511. The fourth-order valence-corrected chi connectivity index (χ4v) is 4.60. The summed E-state index contributed by atoms with van der Waals surface area (Å²) in [4.78, 5) is 40.4. The number of hydrogen-bond acceptors (Lipinski definition) is 5. The van der Waals surface area contributed by atoms with E-state index in [4.69, 9.17) is 10.5 Å². The molecule has 3 amide bonds. The van der Waals surface area contributed by atoms with Gasteiger partial charge >= 0.3 is 0 Å². The molecule has 0 aliphatic heterocycles. The summed E-state index contributed by atoms with van der Waals surface area (Å²) in [6, 6.07) is 31.5. The van der Waals surface area contributed by atoms with Gasteiger partial charge in [0, 0.05) is 31.5 Å². The van der Waals surface area contributed by atoms with E-state index in [2.05, 4.69) is 16.0 Å². The number of nitrogens with one attached hydrogen (secondary N) is 3. The zero-order valence-corrected chi connectivity index (χ0v) is 25.5. The molecule has 9 heteroatoms. The van der Waals surface area contributed by atoms with Crippen molar-refractivity contribution in [3.8, 4) is 5.75 Å². The summed E-state index contributed by atoms with van der Waals surface area (Å²) in [6.45, 7) is 3.19. The lowest BCUT2D eigenvalue weighted by atomic mass is 10.0. The fraction of sp³-hybridized carbons (Fsp3) is 0.229. The van der Waals surface area contributed by atoms with Gasteiger partial charge in [-0.3, -0.25) is 14.4 Å². The van der Waals surface area contributed by atoms with Gasteiger partial charge in [0.25, 0.3) is 5.91 Å². The van der Waals surface area contributed by atoms with E-state index in [0.717, 1.165) is 28.0 Å². The largest absolute Gasteiger partial charge is 0.494 e. The summed E-state index contributed by atoms with van der Waals surface area (Å²) < 4.78 is 5.54. The first-order valence-corrected chi connectivity index (χ1v) is 14.4. The Balaban J connectivity index is 0.00000529. The highest BCUT2D eigenvalue weighted by atomic mass is 35.5. The third-order valence-corrected chi connectivity index (χ3v) is 6.97. The summed E-state index contributed by atoms with van der Waals surface area (Å²) in [5.74, 6) is -0.439. The summed E-state index contributed by atoms with van der Waals surface area (Å²) in [7, 11) is 0. The highest BCUT2D eigenvalue weighted by molar-refractivity contribution is 5.98. The Labute approximate surface area is 264 Å². The predicted molar refractivity (Wildman–Crippen MR) is 175 cm³/mol. The minimum atomic E-state index is -0.930. The van der Waals surface area contributed by atoms with Crippen LogP contribution in [0.3, 0.4) is 0 Å². The minimum Gasteiger partial charge on any atom is -0.494 e. The van der Waals surface area contributed by atoms with Crippen LogP contribution in [0.2, 0.25) is 0 Å². The molecule has 2 atom stereocenters. The smallest absolute Gasteiger partial charge is 0.251 e. The Kier molecular flexibility index (Phi) is 13.4. The van der Waals surface area contributed by atoms with E-state index < -0.39 is 18.0 Å². The van der Waals surface area contributed by atoms with Crippen molar-refractivity contribution in [2.75, 3.05) is 6.61 Å². The van der Waals surface area contributed by atoms with E-state index in [1.807, 2.05) is 91.9 Å². The first-order valence-electron chi connectivity index (χ1n) is 14.4. The molecule has 0 heterocycles. The van der Waals surface area contributed by atoms with Crippen LogP contribution in [0.25, 0.3) is 0 Å². The average Bonchev–Trinajstić information content (AvgIpc) is 3.05. The molecular weight excluding hydrogens is 576 g/mol. The Morgan fingerprint density at radius 2 is 1.18 bits per heavy atom. The van der Waals surface area contributed by atoms with Gasteiger partial charge < -0.3 is 26.4 Å². The number of amides is 3. The van der Waals surface area contributed by atoms with Gasteiger partial charge in [-0.05, 0) is 53.4 Å². The normalized spacial score (nSPS) is 11.8. The van der Waals surface area contributed by atoms with E-state index in [-0.39, 0.29) is 37.1 Å². The molecule has 44 heavy (non-hydrogen) atoms. The number of halogens is 1. The predicted octanol–water partition coefficient (Wildman–Crippen LogP) is 4.35. The van der Waals surface area contributed by atoms with Crippen LogP contribution in [-0.4, -0.2) is 36.4 Å². The number of hydrogen-bond donors (Lipinski definition) is 4. The number of benzene rings is 4. The molecule has 0 fully saturated rings. The van der Waals surface area contributed by atoms with Gasteiger partial charge in [-0.2, -0.15) is 0 Å². The third kappa shape index (κ3) is 10.3. The van der Waals surface area contributed by atoms with Crippen molar-refractivity contribution in [1.82, 2.24) is 16.0 Å². The topological polar surface area (TPSA) is 123 Å². The van der Waals surface area contributed by atoms with E-state index in [0.29, 0.717) is 25.3 Å². The van der Waals surface area contributed by atoms with E-state index >= 15 is 0 Å². The highest BCUT2D eigenvalue weighted by Gasteiger charge is 2.27. The Hall–Kier alpha value is -4.66. The van der Waals surface area contributed by atoms with Crippen molar-refractivity contribution in [2.45, 2.75) is 44.9 Å². The van der Waals surface area contributed by atoms with Gasteiger partial charge in [-0.15, -0.1) is 12.4 Å². The zero-order chi connectivity index (χ0) is 30.4. The maximum Gasteiger partial charge on any atom is 0.251 e. The summed E-state index contributed by atoms with van der Waals surface area (Å²) in [5.41, 5.74) is 9.78. The molecule has 0 unspecified atom stereocenters. The number of carbonyl (C=O) groups is 3. The molecule has 4 rings (SSSR count). The molecule has 0 saturated heterocycles. The van der Waals surface area contributed by atoms with Crippen LogP contribution >= 0.6 is 12.4 Å². The Morgan fingerprint density at radius 3 is 1.77 bits per heavy atom. The maximum atomic E-state index is 13.8. The van der Waals surface area contributed by atoms with Crippen molar-refractivity contribution in [3.05, 3.63) is 137 Å². The van der Waals surface area contributed by atoms with Crippen LogP contribution in [0.1, 0.15) is 39.5 Å². The van der Waals surface area contributed by atoms with E-state index in [9.17, 15) is 14.4 Å². The molecule has 4 aromatic carbocycles. The van der Waals surface area contributed by atoms with Crippen molar-refractivity contribution in [2.24, 2.45) is 5.73 Å². The maximum absolute atomic E-state index is 13.8. The molecule has 0 bridgehead atoms. The Bertz CT molecular complexity index is 1470. The molecular formula is C35H39ClN4O4. The molecule has 0 radical (unpaired) electrons. The number of nitrogens with two attached hydrogens (primary N) is 1. The van der Waals surface area contributed by atoms with Gasteiger partial charge in [0.05, 0.1) is 6.61 Å². The van der Waals surface area contributed by atoms with Gasteiger partial charge in [-0.25, -0.2) is 0 Å². The molecule has 4 aromatic rings. The molecule has 0 spiro atoms. The number of ether oxygens (including phenoxy) is 1. The second kappa shape index (κ2) is 17.5. The van der Waals surface area contributed by atoms with Crippen LogP contribution in [0, 0.1) is 0 Å². The lowest BCUT2D eigenvalue weighted by molar-refractivity contribution is -0.130. The molecule has 230 valence electrons. The molecule has 5 N–H and O–H groups in total. The van der Waals surface area contributed by atoms with Gasteiger partial charge in [0.2, 0.25) is 11.8 Å². The zero-order valence-electron chi connectivity index (χ0n) is 24.7. The summed E-state index contributed by atoms with van der Waals surface area (Å²) >= 11 is 0. The van der Waals surface area contributed by atoms with Crippen LogP contribution in [0.4, 0.5) is 0 Å². The fourth-order valence-electron chi connectivity index (χ4n) is 4.60. The van der Waals surface area contributed by atoms with E-state index in [1.165, 1.54) is 0 Å². The molecule has 0 aliphatic carbocycles. The van der Waals surface area contributed by atoms with E-state index in [1.54, 1.807) is 24.3 Å². The SMILES string of the molecule is CCOc1ccc(C[C@H](NC(=O)c2ccccc2)C(=O)N[C@H](Cc2ccccc2)C(=O)NCc2ccc(CN)cc2)cc1.Cl. The highest BCUT2D eigenvalue weighted by Crippen LogP contribution is 2.15. The quantitative estimate of drug-likeness (QED) is 0.168. The molecule has 0 aromatic heterocycles. The summed E-state index contributed by atoms with van der Waals surface area (Å²) in [5, 5.41) is 8.75. The Morgan fingerprint density at radius 1 is 0.659 bits per heavy atom. The second-order valence-electron chi connectivity index (χ2n) is 10.2. The molecule has 8 nitrogen and oxygen atoms in total. The van der Waals surface area contributed by atoms with Gasteiger partial charge in [0.1, 0.15) is 17.8 Å². The first-order chi connectivity index (χ1) is 20.9. The minimum absolute atomic E-state index is 0. The standard InChI is InChI=1S/C35H38N4O4.ClH/c1-2-43-30-19-17-26(18-20-30)22-32(38-33(40)29-11-7-4-8-12-29)35(42)39-31(21-25-9-5-3-6-10-25)34(41)37-24-28-15-13-27(23-36)14-16-28;/h3-20,31-32H,2,21-24,36H2,1H3,(H,37,41)(H,38,40)(H,39,42);1H/t31-,32+;/m1./s1. The lowest BCUT2D eigenvalue weighted by Crippen LogP contribution is -2.55. The van der Waals surface area contributed by atoms with Crippen molar-refractivity contribution in [3.63, 3.8) is 0 Å². The molecule has 0 aliphatic rings. The van der Waals surface area contributed by atoms with Crippen molar-refractivity contribution in [1.29, 1.82) is 0 Å². The second-order valence-corrected chi connectivity index (χ2v) is 10.2. The van der Waals surface area contributed by atoms with Crippen LogP contribution < -0.4 is 26.4 Å². The third-order valence-electron chi connectivity index (χ3n) is 6.97. The van der Waals surface area contributed by atoms with Crippen LogP contribution in [-0.2, 0) is 35.5 Å². The first kappa shape index (κ1) is 33.8.